The van der Waals surface area contributed by atoms with E-state index in [9.17, 15) is 9.90 Å². The molecule has 1 aliphatic heterocycles. The van der Waals surface area contributed by atoms with Gasteiger partial charge in [-0.05, 0) is 83.5 Å². The molecule has 0 aliphatic carbocycles. The monoisotopic (exact) mass is 593 g/mol. The van der Waals surface area contributed by atoms with Crippen LogP contribution in [0.2, 0.25) is 5.02 Å². The van der Waals surface area contributed by atoms with Crippen molar-refractivity contribution >= 4 is 40.4 Å². The first-order valence-electron chi connectivity index (χ1n) is 14.2. The predicted octanol–water partition coefficient (Wildman–Crippen LogP) is 8.06. The van der Waals surface area contributed by atoms with E-state index in [1.54, 1.807) is 18.3 Å². The zero-order chi connectivity index (χ0) is 29.9. The average Bonchev–Trinajstić information content (AvgIpc) is 3.52. The van der Waals surface area contributed by atoms with Crippen LogP contribution < -0.4 is 9.64 Å². The summed E-state index contributed by atoms with van der Waals surface area (Å²) in [5.41, 5.74) is 5.89. The number of carbonyl (C=O) groups excluding carboxylic acids is 1. The van der Waals surface area contributed by atoms with Crippen molar-refractivity contribution in [3.8, 4) is 22.6 Å². The van der Waals surface area contributed by atoms with Crippen LogP contribution in [-0.2, 0) is 4.74 Å². The highest BCUT2D eigenvalue weighted by atomic mass is 35.5. The van der Waals surface area contributed by atoms with E-state index in [-0.39, 0.29) is 5.92 Å². The van der Waals surface area contributed by atoms with Gasteiger partial charge in [0.2, 0.25) is 0 Å². The van der Waals surface area contributed by atoms with Crippen molar-refractivity contribution in [1.29, 1.82) is 0 Å². The van der Waals surface area contributed by atoms with E-state index in [4.69, 9.17) is 21.1 Å². The van der Waals surface area contributed by atoms with Gasteiger partial charge in [0.1, 0.15) is 22.7 Å². The molecule has 0 saturated carbocycles. The van der Waals surface area contributed by atoms with Crippen molar-refractivity contribution < 1.29 is 19.4 Å². The minimum atomic E-state index is -0.635. The van der Waals surface area contributed by atoms with Crippen LogP contribution in [0.1, 0.15) is 40.4 Å². The van der Waals surface area contributed by atoms with Crippen LogP contribution in [0.15, 0.2) is 91.8 Å². The minimum absolute atomic E-state index is 0.0755. The molecule has 1 atom stereocenters. The van der Waals surface area contributed by atoms with Crippen molar-refractivity contribution in [2.45, 2.75) is 18.9 Å². The summed E-state index contributed by atoms with van der Waals surface area (Å²) in [5.74, 6) is 0.524. The van der Waals surface area contributed by atoms with Crippen molar-refractivity contribution in [1.82, 2.24) is 9.97 Å². The van der Waals surface area contributed by atoms with Gasteiger partial charge < -0.3 is 24.5 Å². The molecule has 3 aromatic carbocycles. The molecule has 1 saturated heterocycles. The van der Waals surface area contributed by atoms with E-state index < -0.39 is 12.1 Å². The second-order valence-corrected chi connectivity index (χ2v) is 11.1. The lowest BCUT2D eigenvalue weighted by Crippen LogP contribution is -2.35. The van der Waals surface area contributed by atoms with Gasteiger partial charge in [0.05, 0.1) is 19.4 Å². The van der Waals surface area contributed by atoms with Crippen LogP contribution in [0.25, 0.3) is 28.2 Å². The van der Waals surface area contributed by atoms with Crippen LogP contribution in [0.5, 0.6) is 11.5 Å². The summed E-state index contributed by atoms with van der Waals surface area (Å²) in [5, 5.41) is 13.2. The molecule has 2 N–H and O–H groups in total. The number of esters is 1. The number of aliphatic hydroxyl groups excluding tert-OH is 1. The van der Waals surface area contributed by atoms with Crippen LogP contribution in [0, 0.1) is 5.92 Å². The van der Waals surface area contributed by atoms with Gasteiger partial charge in [-0.25, -0.2) is 9.78 Å². The van der Waals surface area contributed by atoms with Gasteiger partial charge in [0.15, 0.2) is 0 Å². The van der Waals surface area contributed by atoms with E-state index in [2.05, 4.69) is 21.4 Å². The molecule has 1 fully saturated rings. The number of H-pyrrole nitrogens is 1. The molecule has 1 unspecified atom stereocenters. The van der Waals surface area contributed by atoms with Gasteiger partial charge in [-0.3, -0.25) is 0 Å². The third kappa shape index (κ3) is 6.00. The Morgan fingerprint density at radius 3 is 2.63 bits per heavy atom. The van der Waals surface area contributed by atoms with Crippen molar-refractivity contribution in [2.24, 2.45) is 5.92 Å². The number of aromatic amines is 1. The Morgan fingerprint density at radius 2 is 1.88 bits per heavy atom. The van der Waals surface area contributed by atoms with Crippen LogP contribution in [0.4, 0.5) is 5.69 Å². The summed E-state index contributed by atoms with van der Waals surface area (Å²) >= 11 is 6.13. The summed E-state index contributed by atoms with van der Waals surface area (Å²) < 4.78 is 11.2. The Kier molecular flexibility index (Phi) is 8.18. The lowest BCUT2D eigenvalue weighted by molar-refractivity contribution is 0.0598. The van der Waals surface area contributed by atoms with Crippen LogP contribution >= 0.6 is 11.6 Å². The Balaban J connectivity index is 1.21. The maximum atomic E-state index is 12.6. The molecule has 0 bridgehead atoms. The maximum Gasteiger partial charge on any atom is 0.341 e. The summed E-state index contributed by atoms with van der Waals surface area (Å²) in [6.45, 7) is 5.40. The van der Waals surface area contributed by atoms with Crippen LogP contribution in [-0.4, -0.2) is 41.2 Å². The van der Waals surface area contributed by atoms with Gasteiger partial charge >= 0.3 is 5.97 Å². The lowest BCUT2D eigenvalue weighted by Gasteiger charge is -2.36. The Labute approximate surface area is 255 Å². The first-order chi connectivity index (χ1) is 20.9. The number of halogens is 1. The number of ether oxygens (including phenoxy) is 2. The third-order valence-corrected chi connectivity index (χ3v) is 8.36. The molecule has 43 heavy (non-hydrogen) atoms. The predicted molar refractivity (Wildman–Crippen MR) is 171 cm³/mol. The zero-order valence-corrected chi connectivity index (χ0v) is 24.6. The number of rotatable bonds is 8. The van der Waals surface area contributed by atoms with E-state index in [0.29, 0.717) is 22.1 Å². The number of nitrogens with one attached hydrogen (secondary N) is 1. The number of hydrogen-bond donors (Lipinski definition) is 2. The summed E-state index contributed by atoms with van der Waals surface area (Å²) in [6.07, 6.45) is 6.19. The average molecular weight is 594 g/mol. The number of anilines is 1. The smallest absolute Gasteiger partial charge is 0.341 e. The highest BCUT2D eigenvalue weighted by molar-refractivity contribution is 6.30. The van der Waals surface area contributed by atoms with Gasteiger partial charge in [-0.2, -0.15) is 0 Å². The van der Waals surface area contributed by atoms with Crippen molar-refractivity contribution in [2.75, 3.05) is 25.1 Å². The highest BCUT2D eigenvalue weighted by Crippen LogP contribution is 2.39. The minimum Gasteiger partial charge on any atom is -0.465 e. The number of carbonyl (C=O) groups is 1. The fraction of sp³-hybridized carbons (Fsp3) is 0.200. The molecule has 0 amide bonds. The van der Waals surface area contributed by atoms with Crippen molar-refractivity contribution in [3.63, 3.8) is 0 Å². The van der Waals surface area contributed by atoms with E-state index in [1.807, 2.05) is 72.9 Å². The van der Waals surface area contributed by atoms with Gasteiger partial charge in [-0.15, -0.1) is 0 Å². The lowest BCUT2D eigenvalue weighted by atomic mass is 9.83. The number of hydrogen-bond acceptors (Lipinski definition) is 6. The van der Waals surface area contributed by atoms with E-state index >= 15 is 0 Å². The Hall–Kier alpha value is -4.59. The number of fused-ring (bicyclic) bond motifs is 1. The number of methoxy groups -OCH3 is 1. The summed E-state index contributed by atoms with van der Waals surface area (Å²) in [4.78, 5) is 22.3. The molecule has 8 heteroatoms. The quantitative estimate of drug-likeness (QED) is 0.177. The fourth-order valence-electron chi connectivity index (χ4n) is 5.75. The second kappa shape index (κ2) is 12.3. The molecule has 218 valence electrons. The third-order valence-electron chi connectivity index (χ3n) is 8.11. The van der Waals surface area contributed by atoms with Crippen molar-refractivity contribution in [3.05, 3.63) is 113 Å². The summed E-state index contributed by atoms with van der Waals surface area (Å²) in [6, 6.07) is 23.1. The molecule has 5 aromatic rings. The van der Waals surface area contributed by atoms with Crippen LogP contribution in [0.3, 0.4) is 0 Å². The first kappa shape index (κ1) is 28.5. The number of aliphatic hydroxyl groups is 1. The fourth-order valence-corrected chi connectivity index (χ4v) is 5.87. The SMILES string of the molecule is C=Cc1ccc(-c2ccc(Cl)cc2)c(C(O)C2CCN(c3ccc(C(=O)OC)c(Oc4cnc5[nH]ccc5c4)c3)CC2)c1. The molecule has 2 aromatic heterocycles. The standard InChI is InChI=1S/C35H32ClN3O4/c1-3-22-4-10-29(23-5-7-26(36)8-6-23)31(18-22)33(40)24-13-16-39(17-14-24)27-9-11-30(35(41)42-2)32(20-27)43-28-19-25-12-15-37-34(25)38-21-28/h3-12,15,18-21,24,33,40H,1,13-14,16-17H2,2H3,(H,37,38). The molecule has 3 heterocycles. The number of pyridine rings is 1. The Bertz CT molecular complexity index is 1770. The van der Waals surface area contributed by atoms with E-state index in [1.165, 1.54) is 7.11 Å². The molecule has 7 nitrogen and oxygen atoms in total. The normalized spacial score (nSPS) is 14.4. The summed E-state index contributed by atoms with van der Waals surface area (Å²) in [7, 11) is 1.35. The van der Waals surface area contributed by atoms with Gasteiger partial charge in [0.25, 0.3) is 0 Å². The molecular weight excluding hydrogens is 562 g/mol. The molecule has 0 radical (unpaired) electrons. The molecular formula is C35H32ClN3O4. The number of benzene rings is 3. The molecule has 1 aliphatic rings. The van der Waals surface area contributed by atoms with E-state index in [0.717, 1.165) is 64.9 Å². The zero-order valence-electron chi connectivity index (χ0n) is 23.8. The van der Waals surface area contributed by atoms with Gasteiger partial charge in [-0.1, -0.05) is 48.5 Å². The Morgan fingerprint density at radius 1 is 1.09 bits per heavy atom. The number of aromatic nitrogens is 2. The molecule has 0 spiro atoms. The second-order valence-electron chi connectivity index (χ2n) is 10.7. The largest absolute Gasteiger partial charge is 0.465 e. The topological polar surface area (TPSA) is 87.7 Å². The first-order valence-corrected chi connectivity index (χ1v) is 14.6. The molecule has 6 rings (SSSR count). The number of piperidine rings is 1. The number of nitrogens with zero attached hydrogens (tertiary/aromatic N) is 2. The highest BCUT2D eigenvalue weighted by Gasteiger charge is 2.29. The van der Waals surface area contributed by atoms with Gasteiger partial charge in [0, 0.05) is 41.4 Å². The maximum absolute atomic E-state index is 12.6.